The Morgan fingerprint density at radius 1 is 1.18 bits per heavy atom. The summed E-state index contributed by atoms with van der Waals surface area (Å²) < 4.78 is 0. The van der Waals surface area contributed by atoms with Crippen LogP contribution in [0.15, 0.2) is 30.9 Å². The van der Waals surface area contributed by atoms with Crippen molar-refractivity contribution in [2.45, 2.75) is 26.7 Å². The molecule has 1 aliphatic rings. The van der Waals surface area contributed by atoms with Gasteiger partial charge in [0.1, 0.15) is 0 Å². The smallest absolute Gasteiger partial charge is 0.321 e. The molecule has 1 heterocycles. The molecule has 1 aliphatic heterocycles. The summed E-state index contributed by atoms with van der Waals surface area (Å²) in [7, 11) is 0. The molecular weight excluding hydrogens is 274 g/mol. The van der Waals surface area contributed by atoms with Crippen molar-refractivity contribution in [2.24, 2.45) is 0 Å². The lowest BCUT2D eigenvalue weighted by molar-refractivity contribution is 0.155. The average Bonchev–Trinajstić information content (AvgIpc) is 2.56. The van der Waals surface area contributed by atoms with Crippen molar-refractivity contribution in [3.8, 4) is 0 Å². The number of hydrogen-bond acceptors (Lipinski definition) is 2. The summed E-state index contributed by atoms with van der Waals surface area (Å²) in [4.78, 5) is 16.8. The van der Waals surface area contributed by atoms with E-state index < -0.39 is 0 Å². The van der Waals surface area contributed by atoms with Crippen molar-refractivity contribution in [1.82, 2.24) is 9.80 Å². The Morgan fingerprint density at radius 3 is 2.27 bits per heavy atom. The molecule has 4 heteroatoms. The van der Waals surface area contributed by atoms with E-state index in [9.17, 15) is 4.79 Å². The number of nitrogens with one attached hydrogen (secondary N) is 1. The quantitative estimate of drug-likeness (QED) is 0.848. The minimum atomic E-state index is 0.0221. The number of urea groups is 1. The molecule has 0 aromatic heterocycles. The van der Waals surface area contributed by atoms with Gasteiger partial charge in [-0.3, -0.25) is 4.90 Å². The first-order valence-corrected chi connectivity index (χ1v) is 8.19. The van der Waals surface area contributed by atoms with Gasteiger partial charge in [-0.25, -0.2) is 4.79 Å². The molecule has 0 unspecified atom stereocenters. The van der Waals surface area contributed by atoms with Gasteiger partial charge in [0, 0.05) is 38.4 Å². The van der Waals surface area contributed by atoms with E-state index in [1.807, 2.05) is 11.0 Å². The van der Waals surface area contributed by atoms with Crippen LogP contribution < -0.4 is 5.32 Å². The van der Waals surface area contributed by atoms with Gasteiger partial charge in [0.05, 0.1) is 0 Å². The van der Waals surface area contributed by atoms with E-state index in [0.717, 1.165) is 51.3 Å². The molecule has 120 valence electrons. The molecule has 1 fully saturated rings. The van der Waals surface area contributed by atoms with Crippen molar-refractivity contribution in [1.29, 1.82) is 0 Å². The number of para-hydroxylation sites is 1. The number of nitrogens with zero attached hydrogens (tertiary/aromatic N) is 2. The van der Waals surface area contributed by atoms with E-state index in [-0.39, 0.29) is 6.03 Å². The zero-order valence-corrected chi connectivity index (χ0v) is 13.8. The van der Waals surface area contributed by atoms with Crippen LogP contribution >= 0.6 is 0 Å². The predicted molar refractivity (Wildman–Crippen MR) is 92.4 cm³/mol. The summed E-state index contributed by atoms with van der Waals surface area (Å²) in [6, 6.07) is 6.28. The molecule has 1 N–H and O–H groups in total. The average molecular weight is 301 g/mol. The molecule has 0 bridgehead atoms. The van der Waals surface area contributed by atoms with Gasteiger partial charge >= 0.3 is 6.03 Å². The van der Waals surface area contributed by atoms with Gasteiger partial charge in [0.15, 0.2) is 0 Å². The van der Waals surface area contributed by atoms with Crippen LogP contribution in [-0.4, -0.2) is 48.6 Å². The number of amides is 2. The van der Waals surface area contributed by atoms with Crippen LogP contribution in [0, 0.1) is 0 Å². The number of aryl methyl sites for hydroxylation is 2. The molecule has 4 nitrogen and oxygen atoms in total. The minimum absolute atomic E-state index is 0.0221. The molecule has 0 aliphatic carbocycles. The Labute approximate surface area is 133 Å². The molecule has 2 rings (SSSR count). The van der Waals surface area contributed by atoms with Crippen LogP contribution in [0.25, 0.3) is 0 Å². The maximum Gasteiger partial charge on any atom is 0.321 e. The fourth-order valence-corrected chi connectivity index (χ4v) is 2.91. The number of anilines is 1. The van der Waals surface area contributed by atoms with Crippen molar-refractivity contribution in [3.05, 3.63) is 42.0 Å². The van der Waals surface area contributed by atoms with Gasteiger partial charge in [-0.15, -0.1) is 6.58 Å². The summed E-state index contributed by atoms with van der Waals surface area (Å²) >= 11 is 0. The standard InChI is InChI=1S/C18H27N3O/c1-4-10-20-11-13-21(14-12-20)18(22)19-17-15(5-2)8-7-9-16(17)6-3/h4,7-9H,1,5-6,10-14H2,2-3H3,(H,19,22). The molecule has 0 spiro atoms. The van der Waals surface area contributed by atoms with E-state index in [4.69, 9.17) is 0 Å². The Morgan fingerprint density at radius 2 is 1.77 bits per heavy atom. The molecule has 1 aromatic carbocycles. The highest BCUT2D eigenvalue weighted by Gasteiger charge is 2.21. The zero-order chi connectivity index (χ0) is 15.9. The van der Waals surface area contributed by atoms with Crippen molar-refractivity contribution >= 4 is 11.7 Å². The van der Waals surface area contributed by atoms with E-state index in [0.29, 0.717) is 0 Å². The molecule has 0 saturated carbocycles. The predicted octanol–water partition coefficient (Wildman–Crippen LogP) is 3.15. The topological polar surface area (TPSA) is 35.6 Å². The largest absolute Gasteiger partial charge is 0.322 e. The summed E-state index contributed by atoms with van der Waals surface area (Å²) in [5.41, 5.74) is 3.42. The van der Waals surface area contributed by atoms with Crippen LogP contribution in [0.4, 0.5) is 10.5 Å². The van der Waals surface area contributed by atoms with E-state index in [2.05, 4.69) is 48.8 Å². The SMILES string of the molecule is C=CCN1CCN(C(=O)Nc2c(CC)cccc2CC)CC1. The second-order valence-electron chi connectivity index (χ2n) is 5.66. The molecule has 0 atom stereocenters. The highest BCUT2D eigenvalue weighted by atomic mass is 16.2. The van der Waals surface area contributed by atoms with Crippen molar-refractivity contribution in [3.63, 3.8) is 0 Å². The molecule has 22 heavy (non-hydrogen) atoms. The zero-order valence-electron chi connectivity index (χ0n) is 13.8. The molecule has 1 aromatic rings. The highest BCUT2D eigenvalue weighted by Crippen LogP contribution is 2.23. The summed E-state index contributed by atoms with van der Waals surface area (Å²) in [5, 5.41) is 3.15. The van der Waals surface area contributed by atoms with Crippen LogP contribution in [-0.2, 0) is 12.8 Å². The normalized spacial score (nSPS) is 15.6. The Bertz CT molecular complexity index is 497. The van der Waals surface area contributed by atoms with Crippen LogP contribution in [0.1, 0.15) is 25.0 Å². The number of hydrogen-bond donors (Lipinski definition) is 1. The van der Waals surface area contributed by atoms with E-state index in [1.165, 1.54) is 11.1 Å². The van der Waals surface area contributed by atoms with Crippen LogP contribution in [0.3, 0.4) is 0 Å². The number of carbonyl (C=O) groups is 1. The highest BCUT2D eigenvalue weighted by molar-refractivity contribution is 5.91. The third-order valence-electron chi connectivity index (χ3n) is 4.28. The van der Waals surface area contributed by atoms with Crippen LogP contribution in [0.2, 0.25) is 0 Å². The lowest BCUT2D eigenvalue weighted by atomic mass is 10.0. The lowest BCUT2D eigenvalue weighted by Crippen LogP contribution is -2.50. The van der Waals surface area contributed by atoms with Crippen molar-refractivity contribution in [2.75, 3.05) is 38.0 Å². The second-order valence-corrected chi connectivity index (χ2v) is 5.66. The van der Waals surface area contributed by atoms with Gasteiger partial charge in [-0.1, -0.05) is 38.1 Å². The van der Waals surface area contributed by atoms with Crippen molar-refractivity contribution < 1.29 is 4.79 Å². The lowest BCUT2D eigenvalue weighted by Gasteiger charge is -2.34. The molecule has 0 radical (unpaired) electrons. The van der Waals surface area contributed by atoms with Gasteiger partial charge < -0.3 is 10.2 Å². The first-order valence-electron chi connectivity index (χ1n) is 8.19. The van der Waals surface area contributed by atoms with Crippen LogP contribution in [0.5, 0.6) is 0 Å². The monoisotopic (exact) mass is 301 g/mol. The summed E-state index contributed by atoms with van der Waals surface area (Å²) in [6.07, 6.45) is 3.77. The number of piperazine rings is 1. The maximum atomic E-state index is 12.5. The van der Waals surface area contributed by atoms with Gasteiger partial charge in [0.2, 0.25) is 0 Å². The van der Waals surface area contributed by atoms with E-state index in [1.54, 1.807) is 0 Å². The van der Waals surface area contributed by atoms with Gasteiger partial charge in [0.25, 0.3) is 0 Å². The molecule has 1 saturated heterocycles. The number of carbonyl (C=O) groups excluding carboxylic acids is 1. The van der Waals surface area contributed by atoms with E-state index >= 15 is 0 Å². The Hall–Kier alpha value is -1.81. The molecular formula is C18H27N3O. The third-order valence-corrected chi connectivity index (χ3v) is 4.28. The fourth-order valence-electron chi connectivity index (χ4n) is 2.91. The summed E-state index contributed by atoms with van der Waals surface area (Å²) in [6.45, 7) is 12.3. The van der Waals surface area contributed by atoms with Gasteiger partial charge in [-0.05, 0) is 24.0 Å². The Balaban J connectivity index is 2.02. The van der Waals surface area contributed by atoms with Gasteiger partial charge in [-0.2, -0.15) is 0 Å². The first-order chi connectivity index (χ1) is 10.7. The maximum absolute atomic E-state index is 12.5. The number of rotatable bonds is 5. The molecule has 2 amide bonds. The minimum Gasteiger partial charge on any atom is -0.322 e. The second kappa shape index (κ2) is 7.99. The first kappa shape index (κ1) is 16.6. The summed E-state index contributed by atoms with van der Waals surface area (Å²) in [5.74, 6) is 0. The number of benzene rings is 1. The third kappa shape index (κ3) is 3.89. The fraction of sp³-hybridized carbons (Fsp3) is 0.500. The Kier molecular flexibility index (Phi) is 6.01.